The van der Waals surface area contributed by atoms with Crippen molar-refractivity contribution < 1.29 is 0 Å². The molecule has 13 heavy (non-hydrogen) atoms. The molecule has 0 radical (unpaired) electrons. The third kappa shape index (κ3) is 3.39. The SMILES string of the molecule is CCCC(Cl)CCc1nccn1C. The standard InChI is InChI=1S/C10H17ClN2/c1-3-4-9(11)5-6-10-12-7-8-13(10)2/h7-9H,3-6H2,1-2H3. The predicted octanol–water partition coefficient (Wildman–Crippen LogP) is 2.76. The van der Waals surface area contributed by atoms with E-state index < -0.39 is 0 Å². The number of nitrogens with zero attached hydrogens (tertiary/aromatic N) is 2. The van der Waals surface area contributed by atoms with E-state index in [0.717, 1.165) is 31.5 Å². The largest absolute Gasteiger partial charge is 0.338 e. The third-order valence-electron chi connectivity index (χ3n) is 2.20. The Morgan fingerprint density at radius 2 is 2.31 bits per heavy atom. The van der Waals surface area contributed by atoms with Gasteiger partial charge in [0.05, 0.1) is 0 Å². The molecule has 1 heterocycles. The molecule has 0 amide bonds. The van der Waals surface area contributed by atoms with E-state index >= 15 is 0 Å². The summed E-state index contributed by atoms with van der Waals surface area (Å²) in [5.74, 6) is 1.13. The molecule has 1 aromatic heterocycles. The molecule has 0 aliphatic heterocycles. The zero-order chi connectivity index (χ0) is 9.68. The van der Waals surface area contributed by atoms with Gasteiger partial charge in [-0.2, -0.15) is 0 Å². The molecule has 1 atom stereocenters. The summed E-state index contributed by atoms with van der Waals surface area (Å²) in [6.07, 6.45) is 8.08. The van der Waals surface area contributed by atoms with Crippen molar-refractivity contribution in [2.45, 2.75) is 38.0 Å². The number of rotatable bonds is 5. The number of halogens is 1. The molecular formula is C10H17ClN2. The summed E-state index contributed by atoms with van der Waals surface area (Å²) in [5.41, 5.74) is 0. The Kier molecular flexibility index (Phi) is 4.29. The predicted molar refractivity (Wildman–Crippen MR) is 56.1 cm³/mol. The highest BCUT2D eigenvalue weighted by Gasteiger charge is 2.05. The minimum absolute atomic E-state index is 0.307. The van der Waals surface area contributed by atoms with Gasteiger partial charge in [-0.15, -0.1) is 11.6 Å². The van der Waals surface area contributed by atoms with Gasteiger partial charge in [-0.05, 0) is 12.8 Å². The number of imidazole rings is 1. The maximum atomic E-state index is 6.11. The van der Waals surface area contributed by atoms with Crippen molar-refractivity contribution in [3.8, 4) is 0 Å². The van der Waals surface area contributed by atoms with Crippen LogP contribution in [0.5, 0.6) is 0 Å². The van der Waals surface area contributed by atoms with Crippen LogP contribution >= 0.6 is 11.6 Å². The molecule has 2 nitrogen and oxygen atoms in total. The fraction of sp³-hybridized carbons (Fsp3) is 0.700. The topological polar surface area (TPSA) is 17.8 Å². The Labute approximate surface area is 84.9 Å². The lowest BCUT2D eigenvalue weighted by Gasteiger charge is -2.07. The van der Waals surface area contributed by atoms with Gasteiger partial charge >= 0.3 is 0 Å². The van der Waals surface area contributed by atoms with Crippen LogP contribution in [-0.4, -0.2) is 14.9 Å². The van der Waals surface area contributed by atoms with Gasteiger partial charge in [0.25, 0.3) is 0 Å². The highest BCUT2D eigenvalue weighted by atomic mass is 35.5. The second-order valence-corrected chi connectivity index (χ2v) is 4.00. The molecule has 0 N–H and O–H groups in total. The van der Waals surface area contributed by atoms with Crippen LogP contribution in [0.3, 0.4) is 0 Å². The minimum Gasteiger partial charge on any atom is -0.338 e. The van der Waals surface area contributed by atoms with E-state index in [-0.39, 0.29) is 0 Å². The highest BCUT2D eigenvalue weighted by molar-refractivity contribution is 6.20. The monoisotopic (exact) mass is 200 g/mol. The lowest BCUT2D eigenvalue weighted by molar-refractivity contribution is 0.646. The molecule has 1 rings (SSSR count). The van der Waals surface area contributed by atoms with Gasteiger partial charge in [0, 0.05) is 31.2 Å². The van der Waals surface area contributed by atoms with E-state index in [1.807, 2.05) is 19.4 Å². The van der Waals surface area contributed by atoms with Gasteiger partial charge in [-0.1, -0.05) is 13.3 Å². The third-order valence-corrected chi connectivity index (χ3v) is 2.64. The van der Waals surface area contributed by atoms with E-state index in [9.17, 15) is 0 Å². The molecule has 0 bridgehead atoms. The Balaban J connectivity index is 2.30. The average Bonchev–Trinajstić information content (AvgIpc) is 2.48. The van der Waals surface area contributed by atoms with E-state index in [4.69, 9.17) is 11.6 Å². The summed E-state index contributed by atoms with van der Waals surface area (Å²) >= 11 is 6.11. The van der Waals surface area contributed by atoms with Gasteiger partial charge in [0.1, 0.15) is 5.82 Å². The molecule has 0 fully saturated rings. The zero-order valence-electron chi connectivity index (χ0n) is 8.33. The van der Waals surface area contributed by atoms with Crippen LogP contribution in [0.1, 0.15) is 32.0 Å². The lowest BCUT2D eigenvalue weighted by atomic mass is 10.1. The summed E-state index contributed by atoms with van der Waals surface area (Å²) in [7, 11) is 2.02. The fourth-order valence-electron chi connectivity index (χ4n) is 1.38. The van der Waals surface area contributed by atoms with Crippen molar-refractivity contribution in [3.05, 3.63) is 18.2 Å². The maximum absolute atomic E-state index is 6.11. The molecule has 0 aliphatic carbocycles. The molecule has 0 spiro atoms. The number of aryl methyl sites for hydroxylation is 2. The Morgan fingerprint density at radius 3 is 2.85 bits per heavy atom. The minimum atomic E-state index is 0.307. The molecular weight excluding hydrogens is 184 g/mol. The smallest absolute Gasteiger partial charge is 0.108 e. The molecule has 1 aromatic rings. The van der Waals surface area contributed by atoms with E-state index in [1.54, 1.807) is 0 Å². The molecule has 1 unspecified atom stereocenters. The van der Waals surface area contributed by atoms with Crippen LogP contribution in [-0.2, 0) is 13.5 Å². The van der Waals surface area contributed by atoms with E-state index in [2.05, 4.69) is 16.5 Å². The van der Waals surface area contributed by atoms with Crippen molar-refractivity contribution in [2.75, 3.05) is 0 Å². The van der Waals surface area contributed by atoms with Crippen LogP contribution < -0.4 is 0 Å². The van der Waals surface area contributed by atoms with Crippen LogP contribution in [0, 0.1) is 0 Å². The molecule has 0 aromatic carbocycles. The summed E-state index contributed by atoms with van der Waals surface area (Å²) in [6.45, 7) is 2.16. The van der Waals surface area contributed by atoms with Crippen molar-refractivity contribution in [1.82, 2.24) is 9.55 Å². The number of alkyl halides is 1. The first-order valence-electron chi connectivity index (χ1n) is 4.84. The van der Waals surface area contributed by atoms with E-state index in [1.165, 1.54) is 0 Å². The van der Waals surface area contributed by atoms with Gasteiger partial charge in [0.15, 0.2) is 0 Å². The fourth-order valence-corrected chi connectivity index (χ4v) is 1.71. The van der Waals surface area contributed by atoms with Gasteiger partial charge < -0.3 is 4.57 Å². The van der Waals surface area contributed by atoms with Crippen molar-refractivity contribution in [1.29, 1.82) is 0 Å². The second-order valence-electron chi connectivity index (χ2n) is 3.38. The maximum Gasteiger partial charge on any atom is 0.108 e. The van der Waals surface area contributed by atoms with Crippen molar-refractivity contribution in [2.24, 2.45) is 7.05 Å². The average molecular weight is 201 g/mol. The normalized spacial score (nSPS) is 13.2. The van der Waals surface area contributed by atoms with Crippen molar-refractivity contribution >= 4 is 11.6 Å². The van der Waals surface area contributed by atoms with Crippen LogP contribution in [0.25, 0.3) is 0 Å². The number of hydrogen-bond acceptors (Lipinski definition) is 1. The lowest BCUT2D eigenvalue weighted by Crippen LogP contribution is -2.04. The van der Waals surface area contributed by atoms with Crippen LogP contribution in [0.15, 0.2) is 12.4 Å². The first-order chi connectivity index (χ1) is 6.24. The number of aromatic nitrogens is 2. The summed E-state index contributed by atoms with van der Waals surface area (Å²) < 4.78 is 2.05. The Hall–Kier alpha value is -0.500. The van der Waals surface area contributed by atoms with E-state index in [0.29, 0.717) is 5.38 Å². The van der Waals surface area contributed by atoms with Crippen LogP contribution in [0.2, 0.25) is 0 Å². The Bertz CT molecular complexity index is 245. The molecule has 0 aliphatic rings. The second kappa shape index (κ2) is 5.28. The van der Waals surface area contributed by atoms with Gasteiger partial charge in [0.2, 0.25) is 0 Å². The summed E-state index contributed by atoms with van der Waals surface area (Å²) in [6, 6.07) is 0. The van der Waals surface area contributed by atoms with Crippen LogP contribution in [0.4, 0.5) is 0 Å². The van der Waals surface area contributed by atoms with Gasteiger partial charge in [-0.3, -0.25) is 0 Å². The van der Waals surface area contributed by atoms with Gasteiger partial charge in [-0.25, -0.2) is 4.98 Å². The molecule has 74 valence electrons. The first kappa shape index (κ1) is 10.6. The highest BCUT2D eigenvalue weighted by Crippen LogP contribution is 2.12. The number of hydrogen-bond donors (Lipinski definition) is 0. The quantitative estimate of drug-likeness (QED) is 0.669. The first-order valence-corrected chi connectivity index (χ1v) is 5.28. The zero-order valence-corrected chi connectivity index (χ0v) is 9.09. The summed E-state index contributed by atoms with van der Waals surface area (Å²) in [5, 5.41) is 0.307. The van der Waals surface area contributed by atoms with Crippen molar-refractivity contribution in [3.63, 3.8) is 0 Å². The Morgan fingerprint density at radius 1 is 1.54 bits per heavy atom. The molecule has 3 heteroatoms. The molecule has 0 saturated heterocycles. The summed E-state index contributed by atoms with van der Waals surface area (Å²) in [4.78, 5) is 4.25. The molecule has 0 saturated carbocycles.